The number of hydrogen-bond donors (Lipinski definition) is 2. The van der Waals surface area contributed by atoms with Gasteiger partial charge in [-0.25, -0.2) is 13.1 Å². The largest absolute Gasteiger partial charge is 0.490 e. The highest BCUT2D eigenvalue weighted by Gasteiger charge is 2.20. The van der Waals surface area contributed by atoms with E-state index in [1.54, 1.807) is 7.05 Å². The van der Waals surface area contributed by atoms with Crippen LogP contribution in [0.5, 0.6) is 5.75 Å². The first kappa shape index (κ1) is 18.6. The van der Waals surface area contributed by atoms with E-state index in [0.717, 1.165) is 12.1 Å². The summed E-state index contributed by atoms with van der Waals surface area (Å²) in [6.07, 6.45) is 0. The Hall–Kier alpha value is -1.42. The molecule has 0 saturated heterocycles. The molecule has 0 aliphatic rings. The van der Waals surface area contributed by atoms with Gasteiger partial charge in [-0.1, -0.05) is 0 Å². The normalized spacial score (nSPS) is 10.7. The van der Waals surface area contributed by atoms with Crippen LogP contribution in [0.1, 0.15) is 0 Å². The van der Waals surface area contributed by atoms with E-state index in [-0.39, 0.29) is 35.3 Å². The zero-order chi connectivity index (χ0) is 14.5. The lowest BCUT2D eigenvalue weighted by atomic mass is 10.3. The van der Waals surface area contributed by atoms with Crippen LogP contribution in [-0.4, -0.2) is 40.6 Å². The standard InChI is InChI=1S/C10H15N3O5S.ClH/c1-11-5-6-12-19(16,17)8-3-4-9(13(14)15)10(7-8)18-2;/h3-4,7,11-12H,5-6H2,1-2H3;1H. The number of nitrogens with zero attached hydrogens (tertiary/aromatic N) is 1. The highest BCUT2D eigenvalue weighted by molar-refractivity contribution is 7.89. The molecule has 0 aromatic heterocycles. The quantitative estimate of drug-likeness (QED) is 0.429. The summed E-state index contributed by atoms with van der Waals surface area (Å²) in [7, 11) is -0.759. The minimum atomic E-state index is -3.70. The third-order valence-electron chi connectivity index (χ3n) is 2.33. The van der Waals surface area contributed by atoms with Crippen molar-refractivity contribution in [2.24, 2.45) is 0 Å². The number of likely N-dealkylation sites (N-methyl/N-ethyl adjacent to an activating group) is 1. The van der Waals surface area contributed by atoms with Gasteiger partial charge in [0.15, 0.2) is 5.75 Å². The summed E-state index contributed by atoms with van der Waals surface area (Å²) in [5.74, 6) is -0.0958. The summed E-state index contributed by atoms with van der Waals surface area (Å²) >= 11 is 0. The molecule has 0 atom stereocenters. The maximum Gasteiger partial charge on any atom is 0.310 e. The third kappa shape index (κ3) is 4.60. The Labute approximate surface area is 123 Å². The van der Waals surface area contributed by atoms with Gasteiger partial charge >= 0.3 is 5.69 Å². The Bertz CT molecular complexity index is 564. The zero-order valence-corrected chi connectivity index (χ0v) is 12.6. The van der Waals surface area contributed by atoms with Crippen molar-refractivity contribution in [2.75, 3.05) is 27.2 Å². The van der Waals surface area contributed by atoms with Crippen LogP contribution >= 0.6 is 12.4 Å². The van der Waals surface area contributed by atoms with Crippen molar-refractivity contribution in [1.82, 2.24) is 10.0 Å². The van der Waals surface area contributed by atoms with Gasteiger partial charge in [-0.15, -0.1) is 12.4 Å². The number of nitro benzene ring substituents is 1. The molecule has 1 aromatic carbocycles. The molecule has 0 aliphatic heterocycles. The van der Waals surface area contributed by atoms with Gasteiger partial charge < -0.3 is 10.1 Å². The fraction of sp³-hybridized carbons (Fsp3) is 0.400. The van der Waals surface area contributed by atoms with E-state index in [1.807, 2.05) is 0 Å². The van der Waals surface area contributed by atoms with Crippen molar-refractivity contribution in [3.8, 4) is 5.75 Å². The van der Waals surface area contributed by atoms with E-state index in [1.165, 1.54) is 13.2 Å². The monoisotopic (exact) mass is 325 g/mol. The predicted molar refractivity (Wildman–Crippen MR) is 76.0 cm³/mol. The number of methoxy groups -OCH3 is 1. The molecular formula is C10H16ClN3O5S. The minimum Gasteiger partial charge on any atom is -0.490 e. The van der Waals surface area contributed by atoms with Gasteiger partial charge in [0.2, 0.25) is 10.0 Å². The second-order valence-corrected chi connectivity index (χ2v) is 5.36. The molecule has 0 fully saturated rings. The van der Waals surface area contributed by atoms with Crippen LogP contribution in [0.4, 0.5) is 5.69 Å². The van der Waals surface area contributed by atoms with Crippen molar-refractivity contribution >= 4 is 28.1 Å². The number of nitro groups is 1. The number of ether oxygens (including phenoxy) is 1. The van der Waals surface area contributed by atoms with Crippen molar-refractivity contribution < 1.29 is 18.1 Å². The van der Waals surface area contributed by atoms with Crippen molar-refractivity contribution in [3.05, 3.63) is 28.3 Å². The number of benzene rings is 1. The molecule has 0 unspecified atom stereocenters. The minimum absolute atomic E-state index is 0. The van der Waals surface area contributed by atoms with Crippen LogP contribution in [0.25, 0.3) is 0 Å². The average Bonchev–Trinajstić information content (AvgIpc) is 2.38. The van der Waals surface area contributed by atoms with E-state index in [2.05, 4.69) is 10.0 Å². The number of hydrogen-bond acceptors (Lipinski definition) is 6. The van der Waals surface area contributed by atoms with Gasteiger partial charge in [0.25, 0.3) is 0 Å². The molecule has 8 nitrogen and oxygen atoms in total. The van der Waals surface area contributed by atoms with Crippen molar-refractivity contribution in [2.45, 2.75) is 4.90 Å². The lowest BCUT2D eigenvalue weighted by Crippen LogP contribution is -2.30. The van der Waals surface area contributed by atoms with Gasteiger partial charge in [-0.05, 0) is 13.1 Å². The summed E-state index contributed by atoms with van der Waals surface area (Å²) in [6, 6.07) is 3.40. The summed E-state index contributed by atoms with van der Waals surface area (Å²) < 4.78 is 31.0. The van der Waals surface area contributed by atoms with Crippen LogP contribution in [-0.2, 0) is 10.0 Å². The molecule has 0 spiro atoms. The maximum atomic E-state index is 11.9. The van der Waals surface area contributed by atoms with Gasteiger partial charge in [0, 0.05) is 25.2 Å². The lowest BCUT2D eigenvalue weighted by Gasteiger charge is -2.08. The molecule has 10 heteroatoms. The Kier molecular flexibility index (Phi) is 7.43. The van der Waals surface area contributed by atoms with E-state index >= 15 is 0 Å². The summed E-state index contributed by atoms with van der Waals surface area (Å²) in [4.78, 5) is 9.99. The lowest BCUT2D eigenvalue weighted by molar-refractivity contribution is -0.385. The van der Waals surface area contributed by atoms with Gasteiger partial charge in [0.1, 0.15) is 0 Å². The first-order valence-corrected chi connectivity index (χ1v) is 6.87. The van der Waals surface area contributed by atoms with E-state index in [0.29, 0.717) is 6.54 Å². The maximum absolute atomic E-state index is 11.9. The molecular weight excluding hydrogens is 310 g/mol. The van der Waals surface area contributed by atoms with E-state index < -0.39 is 14.9 Å². The van der Waals surface area contributed by atoms with Crippen LogP contribution < -0.4 is 14.8 Å². The number of rotatable bonds is 7. The Morgan fingerprint density at radius 1 is 1.35 bits per heavy atom. The molecule has 0 bridgehead atoms. The zero-order valence-electron chi connectivity index (χ0n) is 11.0. The SMILES string of the molecule is CNCCNS(=O)(=O)c1ccc([N+](=O)[O-])c(OC)c1.Cl. The Morgan fingerprint density at radius 3 is 2.50 bits per heavy atom. The third-order valence-corrected chi connectivity index (χ3v) is 3.78. The van der Waals surface area contributed by atoms with E-state index in [9.17, 15) is 18.5 Å². The molecule has 1 aromatic rings. The van der Waals surface area contributed by atoms with Crippen molar-refractivity contribution in [3.63, 3.8) is 0 Å². The predicted octanol–water partition coefficient (Wildman–Crippen LogP) is 0.523. The molecule has 20 heavy (non-hydrogen) atoms. The Balaban J connectivity index is 0.00000361. The second kappa shape index (κ2) is 8.00. The van der Waals surface area contributed by atoms with E-state index in [4.69, 9.17) is 4.74 Å². The summed E-state index contributed by atoms with van der Waals surface area (Å²) in [5, 5.41) is 13.5. The number of sulfonamides is 1. The van der Waals surface area contributed by atoms with Gasteiger partial charge in [-0.2, -0.15) is 0 Å². The number of nitrogens with one attached hydrogen (secondary N) is 2. The molecule has 114 valence electrons. The van der Waals surface area contributed by atoms with Crippen LogP contribution in [0.3, 0.4) is 0 Å². The molecule has 1 rings (SSSR count). The van der Waals surface area contributed by atoms with Gasteiger partial charge in [0.05, 0.1) is 16.9 Å². The highest BCUT2D eigenvalue weighted by atomic mass is 35.5. The smallest absolute Gasteiger partial charge is 0.310 e. The van der Waals surface area contributed by atoms with Crippen LogP contribution in [0.2, 0.25) is 0 Å². The number of halogens is 1. The van der Waals surface area contributed by atoms with Crippen LogP contribution in [0, 0.1) is 10.1 Å². The van der Waals surface area contributed by atoms with Gasteiger partial charge in [-0.3, -0.25) is 10.1 Å². The molecule has 0 heterocycles. The molecule has 0 saturated carbocycles. The molecule has 0 amide bonds. The average molecular weight is 326 g/mol. The topological polar surface area (TPSA) is 111 Å². The fourth-order valence-electron chi connectivity index (χ4n) is 1.37. The molecule has 2 N–H and O–H groups in total. The second-order valence-electron chi connectivity index (χ2n) is 3.59. The summed E-state index contributed by atoms with van der Waals surface area (Å²) in [6.45, 7) is 0.696. The summed E-state index contributed by atoms with van der Waals surface area (Å²) in [5.41, 5.74) is -0.281. The highest BCUT2D eigenvalue weighted by Crippen LogP contribution is 2.29. The fourth-order valence-corrected chi connectivity index (χ4v) is 2.42. The van der Waals surface area contributed by atoms with Crippen molar-refractivity contribution in [1.29, 1.82) is 0 Å². The molecule has 0 aliphatic carbocycles. The van der Waals surface area contributed by atoms with Crippen LogP contribution in [0.15, 0.2) is 23.1 Å². The first-order valence-electron chi connectivity index (χ1n) is 5.39. The first-order chi connectivity index (χ1) is 8.92. The molecule has 0 radical (unpaired) electrons. The Morgan fingerprint density at radius 2 is 2.00 bits per heavy atom.